The molecule has 152 valence electrons. The van der Waals surface area contributed by atoms with E-state index in [-0.39, 0.29) is 17.8 Å². The van der Waals surface area contributed by atoms with E-state index in [9.17, 15) is 4.79 Å². The van der Waals surface area contributed by atoms with Crippen LogP contribution in [0.1, 0.15) is 12.8 Å². The molecule has 0 aliphatic carbocycles. The molecule has 0 saturated carbocycles. The lowest BCUT2D eigenvalue weighted by Gasteiger charge is -2.14. The van der Waals surface area contributed by atoms with Crippen LogP contribution in [0.4, 0.5) is 5.82 Å². The fourth-order valence-electron chi connectivity index (χ4n) is 3.09. The zero-order valence-electron chi connectivity index (χ0n) is 15.9. The molecule has 1 aliphatic heterocycles. The fraction of sp³-hybridized carbons (Fsp3) is 0.368. The largest absolute Gasteiger partial charge is 0.497 e. The normalized spacial score (nSPS) is 16.1. The van der Waals surface area contributed by atoms with Crippen molar-refractivity contribution in [2.45, 2.75) is 30.6 Å². The van der Waals surface area contributed by atoms with E-state index in [0.717, 1.165) is 36.6 Å². The second-order valence-electron chi connectivity index (χ2n) is 6.50. The molecule has 1 atom stereocenters. The van der Waals surface area contributed by atoms with Crippen molar-refractivity contribution in [3.8, 4) is 17.1 Å². The van der Waals surface area contributed by atoms with Gasteiger partial charge in [0.15, 0.2) is 16.8 Å². The Labute approximate surface area is 171 Å². The van der Waals surface area contributed by atoms with E-state index in [1.807, 2.05) is 28.8 Å². The summed E-state index contributed by atoms with van der Waals surface area (Å²) in [5.74, 6) is 1.89. The van der Waals surface area contributed by atoms with Gasteiger partial charge in [0.2, 0.25) is 5.91 Å². The highest BCUT2D eigenvalue weighted by atomic mass is 32.2. The molecule has 1 N–H and O–H groups in total. The summed E-state index contributed by atoms with van der Waals surface area (Å²) in [6.45, 7) is 1.41. The van der Waals surface area contributed by atoms with E-state index < -0.39 is 0 Å². The van der Waals surface area contributed by atoms with E-state index in [1.54, 1.807) is 13.2 Å². The number of hydrogen-bond acceptors (Lipinski definition) is 8. The number of nitrogens with zero attached hydrogens (tertiary/aromatic N) is 4. The number of thioether (sulfide) groups is 1. The van der Waals surface area contributed by atoms with Crippen molar-refractivity contribution < 1.29 is 18.8 Å². The zero-order valence-corrected chi connectivity index (χ0v) is 16.7. The van der Waals surface area contributed by atoms with Gasteiger partial charge in [-0.05, 0) is 37.1 Å². The molecule has 3 heterocycles. The van der Waals surface area contributed by atoms with Crippen molar-refractivity contribution in [2.75, 3.05) is 24.8 Å². The summed E-state index contributed by atoms with van der Waals surface area (Å²) >= 11 is 1.32. The van der Waals surface area contributed by atoms with Gasteiger partial charge in [0.05, 0.1) is 25.5 Å². The topological polar surface area (TPSA) is 104 Å². The average Bonchev–Trinajstić information content (AvgIpc) is 3.50. The summed E-state index contributed by atoms with van der Waals surface area (Å²) in [4.78, 5) is 12.2. The minimum absolute atomic E-state index is 0.117. The standard InChI is InChI=1S/C19H21N5O4S/c1-26-14-6-4-13(5-7-14)18-21-22-19(24(18)11-15-3-2-9-27-15)29-12-17(25)20-16-8-10-28-23-16/h4-8,10,15H,2-3,9,11-12H2,1H3,(H,20,23,25). The van der Waals surface area contributed by atoms with Crippen LogP contribution in [0.15, 0.2) is 46.3 Å². The monoisotopic (exact) mass is 415 g/mol. The summed E-state index contributed by atoms with van der Waals surface area (Å²) in [7, 11) is 1.63. The third-order valence-corrected chi connectivity index (χ3v) is 5.48. The average molecular weight is 415 g/mol. The number of carbonyl (C=O) groups is 1. The highest BCUT2D eigenvalue weighted by Crippen LogP contribution is 2.27. The summed E-state index contributed by atoms with van der Waals surface area (Å²) < 4.78 is 17.8. The molecule has 1 aromatic carbocycles. The molecule has 4 rings (SSSR count). The van der Waals surface area contributed by atoms with Crippen LogP contribution in [0.2, 0.25) is 0 Å². The predicted molar refractivity (Wildman–Crippen MR) is 107 cm³/mol. The second-order valence-corrected chi connectivity index (χ2v) is 7.44. The molecule has 1 saturated heterocycles. The molecule has 1 aliphatic rings. The number of ether oxygens (including phenoxy) is 2. The Balaban J connectivity index is 1.52. The Morgan fingerprint density at radius 3 is 2.86 bits per heavy atom. The van der Waals surface area contributed by atoms with Gasteiger partial charge in [-0.2, -0.15) is 0 Å². The molecular formula is C19H21N5O4S. The number of hydrogen-bond donors (Lipinski definition) is 1. The van der Waals surface area contributed by atoms with Crippen LogP contribution >= 0.6 is 11.8 Å². The Bertz CT molecular complexity index is 936. The minimum atomic E-state index is -0.193. The Hall–Kier alpha value is -2.85. The highest BCUT2D eigenvalue weighted by Gasteiger charge is 2.22. The molecule has 10 heteroatoms. The molecule has 1 unspecified atom stereocenters. The van der Waals surface area contributed by atoms with Crippen LogP contribution in [0, 0.1) is 0 Å². The van der Waals surface area contributed by atoms with Crippen LogP contribution in [0.25, 0.3) is 11.4 Å². The number of rotatable bonds is 8. The van der Waals surface area contributed by atoms with Crippen molar-refractivity contribution in [1.82, 2.24) is 19.9 Å². The number of amides is 1. The number of carbonyl (C=O) groups excluding carboxylic acids is 1. The molecule has 29 heavy (non-hydrogen) atoms. The predicted octanol–water partition coefficient (Wildman–Crippen LogP) is 2.85. The van der Waals surface area contributed by atoms with E-state index in [4.69, 9.17) is 14.0 Å². The number of anilines is 1. The number of methoxy groups -OCH3 is 1. The maximum Gasteiger partial charge on any atom is 0.236 e. The SMILES string of the molecule is COc1ccc(-c2nnc(SCC(=O)Nc3ccon3)n2CC2CCCO2)cc1. The Morgan fingerprint density at radius 1 is 1.31 bits per heavy atom. The quantitative estimate of drug-likeness (QED) is 0.560. The van der Waals surface area contributed by atoms with Crippen molar-refractivity contribution >= 4 is 23.5 Å². The molecule has 3 aromatic rings. The zero-order chi connectivity index (χ0) is 20.1. The van der Waals surface area contributed by atoms with Crippen LogP contribution in [-0.4, -0.2) is 51.4 Å². The fourth-order valence-corrected chi connectivity index (χ4v) is 3.84. The van der Waals surface area contributed by atoms with E-state index >= 15 is 0 Å². The molecule has 0 radical (unpaired) electrons. The van der Waals surface area contributed by atoms with Crippen LogP contribution in [-0.2, 0) is 16.1 Å². The third-order valence-electron chi connectivity index (χ3n) is 4.51. The lowest BCUT2D eigenvalue weighted by atomic mass is 10.2. The van der Waals surface area contributed by atoms with Crippen molar-refractivity contribution in [2.24, 2.45) is 0 Å². The van der Waals surface area contributed by atoms with Gasteiger partial charge in [-0.1, -0.05) is 16.9 Å². The third kappa shape index (κ3) is 4.77. The van der Waals surface area contributed by atoms with Crippen molar-refractivity contribution in [1.29, 1.82) is 0 Å². The van der Waals surface area contributed by atoms with Gasteiger partial charge >= 0.3 is 0 Å². The first-order valence-corrected chi connectivity index (χ1v) is 10.2. The molecule has 9 nitrogen and oxygen atoms in total. The molecule has 1 fully saturated rings. The maximum atomic E-state index is 12.2. The van der Waals surface area contributed by atoms with Crippen LogP contribution in [0.5, 0.6) is 5.75 Å². The van der Waals surface area contributed by atoms with E-state index in [1.165, 1.54) is 18.0 Å². The van der Waals surface area contributed by atoms with Gasteiger partial charge < -0.3 is 19.3 Å². The highest BCUT2D eigenvalue weighted by molar-refractivity contribution is 7.99. The van der Waals surface area contributed by atoms with Gasteiger partial charge in [-0.15, -0.1) is 10.2 Å². The maximum absolute atomic E-state index is 12.2. The summed E-state index contributed by atoms with van der Waals surface area (Å²) in [5, 5.41) is 15.7. The first-order chi connectivity index (χ1) is 14.2. The molecule has 2 aromatic heterocycles. The lowest BCUT2D eigenvalue weighted by Crippen LogP contribution is -2.18. The molecule has 0 spiro atoms. The summed E-state index contributed by atoms with van der Waals surface area (Å²) in [6.07, 6.45) is 3.57. The first kappa shape index (κ1) is 19.5. The van der Waals surface area contributed by atoms with Gasteiger partial charge in [0.1, 0.15) is 12.0 Å². The van der Waals surface area contributed by atoms with E-state index in [0.29, 0.717) is 17.5 Å². The molecule has 0 bridgehead atoms. The van der Waals surface area contributed by atoms with Gasteiger partial charge in [0, 0.05) is 18.2 Å². The van der Waals surface area contributed by atoms with Crippen LogP contribution in [0.3, 0.4) is 0 Å². The van der Waals surface area contributed by atoms with Crippen LogP contribution < -0.4 is 10.1 Å². The number of aromatic nitrogens is 4. The van der Waals surface area contributed by atoms with E-state index in [2.05, 4.69) is 20.7 Å². The minimum Gasteiger partial charge on any atom is -0.497 e. The van der Waals surface area contributed by atoms with Gasteiger partial charge in [-0.25, -0.2) is 0 Å². The summed E-state index contributed by atoms with van der Waals surface area (Å²) in [5.41, 5.74) is 0.926. The molecule has 1 amide bonds. The van der Waals surface area contributed by atoms with Gasteiger partial charge in [-0.3, -0.25) is 9.36 Å². The smallest absolute Gasteiger partial charge is 0.236 e. The number of benzene rings is 1. The second kappa shape index (κ2) is 9.10. The lowest BCUT2D eigenvalue weighted by molar-refractivity contribution is -0.113. The number of nitrogens with one attached hydrogen (secondary N) is 1. The van der Waals surface area contributed by atoms with Crippen molar-refractivity contribution in [3.05, 3.63) is 36.6 Å². The Morgan fingerprint density at radius 2 is 2.17 bits per heavy atom. The summed E-state index contributed by atoms with van der Waals surface area (Å²) in [6, 6.07) is 9.25. The van der Waals surface area contributed by atoms with Crippen molar-refractivity contribution in [3.63, 3.8) is 0 Å². The molecular weight excluding hydrogens is 394 g/mol. The Kier molecular flexibility index (Phi) is 6.11. The first-order valence-electron chi connectivity index (χ1n) is 9.25. The van der Waals surface area contributed by atoms with Gasteiger partial charge in [0.25, 0.3) is 0 Å².